The Kier molecular flexibility index (Phi) is 3.00. The lowest BCUT2D eigenvalue weighted by Crippen LogP contribution is -1.99. The molecular weight excluding hydrogens is 196 g/mol. The molecule has 0 saturated heterocycles. The minimum absolute atomic E-state index is 0.961. The van der Waals surface area contributed by atoms with Gasteiger partial charge >= 0.3 is 0 Å². The molecule has 0 radical (unpaired) electrons. The third-order valence-corrected chi connectivity index (χ3v) is 2.98. The van der Waals surface area contributed by atoms with E-state index >= 15 is 0 Å². The zero-order valence-electron chi connectivity index (χ0n) is 9.99. The van der Waals surface area contributed by atoms with E-state index in [1.54, 1.807) is 0 Å². The summed E-state index contributed by atoms with van der Waals surface area (Å²) in [4.78, 5) is 8.88. The number of aryl methyl sites for hydroxylation is 1. The highest BCUT2D eigenvalue weighted by Gasteiger charge is 2.10. The van der Waals surface area contributed by atoms with E-state index in [1.807, 2.05) is 30.6 Å². The summed E-state index contributed by atoms with van der Waals surface area (Å²) in [6.07, 6.45) is 4.73. The lowest BCUT2D eigenvalue weighted by atomic mass is 9.99. The van der Waals surface area contributed by atoms with Gasteiger partial charge in [0.1, 0.15) is 0 Å². The highest BCUT2D eigenvalue weighted by molar-refractivity contribution is 5.61. The standard InChI is InChI=1S/C14H16N2/c1-4-12-11(3)10(2)9-16-14(12)13-7-5-6-8-15-13/h5-9H,4H2,1-3H3. The molecule has 0 aliphatic rings. The topological polar surface area (TPSA) is 25.8 Å². The number of nitrogens with zero attached hydrogens (tertiary/aromatic N) is 2. The molecule has 0 atom stereocenters. The molecule has 2 aromatic heterocycles. The van der Waals surface area contributed by atoms with Crippen molar-refractivity contribution >= 4 is 0 Å². The summed E-state index contributed by atoms with van der Waals surface area (Å²) in [7, 11) is 0. The average Bonchev–Trinajstić information content (AvgIpc) is 2.33. The molecule has 2 rings (SSSR count). The molecule has 0 aliphatic carbocycles. The van der Waals surface area contributed by atoms with Crippen LogP contribution < -0.4 is 0 Å². The first-order chi connectivity index (χ1) is 7.74. The highest BCUT2D eigenvalue weighted by Crippen LogP contribution is 2.24. The molecule has 0 unspecified atom stereocenters. The molecule has 16 heavy (non-hydrogen) atoms. The number of hydrogen-bond acceptors (Lipinski definition) is 2. The molecule has 0 saturated carbocycles. The molecule has 2 heterocycles. The first-order valence-corrected chi connectivity index (χ1v) is 5.60. The van der Waals surface area contributed by atoms with Gasteiger partial charge in [-0.2, -0.15) is 0 Å². The van der Waals surface area contributed by atoms with Crippen molar-refractivity contribution in [3.63, 3.8) is 0 Å². The fourth-order valence-corrected chi connectivity index (χ4v) is 1.91. The van der Waals surface area contributed by atoms with Crippen LogP contribution in [0, 0.1) is 13.8 Å². The third kappa shape index (κ3) is 1.83. The van der Waals surface area contributed by atoms with Crippen LogP contribution in [0.5, 0.6) is 0 Å². The van der Waals surface area contributed by atoms with E-state index in [4.69, 9.17) is 0 Å². The van der Waals surface area contributed by atoms with E-state index in [-0.39, 0.29) is 0 Å². The monoisotopic (exact) mass is 212 g/mol. The predicted molar refractivity (Wildman–Crippen MR) is 66.3 cm³/mol. The Bertz CT molecular complexity index is 490. The van der Waals surface area contributed by atoms with Crippen molar-refractivity contribution in [1.82, 2.24) is 9.97 Å². The minimum atomic E-state index is 0.961. The van der Waals surface area contributed by atoms with Gasteiger partial charge in [-0.1, -0.05) is 13.0 Å². The van der Waals surface area contributed by atoms with Crippen LogP contribution >= 0.6 is 0 Å². The van der Waals surface area contributed by atoms with Gasteiger partial charge in [0.2, 0.25) is 0 Å². The number of rotatable bonds is 2. The molecule has 2 heteroatoms. The van der Waals surface area contributed by atoms with Crippen molar-refractivity contribution in [2.45, 2.75) is 27.2 Å². The van der Waals surface area contributed by atoms with Gasteiger partial charge in [-0.3, -0.25) is 9.97 Å². The molecule has 0 aliphatic heterocycles. The van der Waals surface area contributed by atoms with Gasteiger partial charge < -0.3 is 0 Å². The second kappa shape index (κ2) is 4.44. The molecule has 0 amide bonds. The summed E-state index contributed by atoms with van der Waals surface area (Å²) < 4.78 is 0. The van der Waals surface area contributed by atoms with Gasteiger partial charge in [-0.25, -0.2) is 0 Å². The van der Waals surface area contributed by atoms with Crippen LogP contribution in [0.25, 0.3) is 11.4 Å². The Labute approximate surface area is 96.4 Å². The van der Waals surface area contributed by atoms with Crippen LogP contribution in [-0.2, 0) is 6.42 Å². The van der Waals surface area contributed by atoms with Crippen LogP contribution in [0.15, 0.2) is 30.6 Å². The average molecular weight is 212 g/mol. The van der Waals surface area contributed by atoms with E-state index in [2.05, 4.69) is 30.7 Å². The van der Waals surface area contributed by atoms with Gasteiger partial charge in [-0.15, -0.1) is 0 Å². The quantitative estimate of drug-likeness (QED) is 0.763. The Morgan fingerprint density at radius 3 is 2.56 bits per heavy atom. The first-order valence-electron chi connectivity index (χ1n) is 5.60. The summed E-state index contributed by atoms with van der Waals surface area (Å²) in [6, 6.07) is 5.94. The SMILES string of the molecule is CCc1c(-c2ccccn2)ncc(C)c1C. The van der Waals surface area contributed by atoms with E-state index < -0.39 is 0 Å². The van der Waals surface area contributed by atoms with Crippen molar-refractivity contribution in [1.29, 1.82) is 0 Å². The van der Waals surface area contributed by atoms with Crippen LogP contribution in [0.4, 0.5) is 0 Å². The van der Waals surface area contributed by atoms with Gasteiger partial charge in [0, 0.05) is 12.4 Å². The van der Waals surface area contributed by atoms with Gasteiger partial charge in [-0.05, 0) is 49.1 Å². The van der Waals surface area contributed by atoms with Crippen molar-refractivity contribution in [3.05, 3.63) is 47.3 Å². The normalized spacial score (nSPS) is 10.4. The zero-order chi connectivity index (χ0) is 11.5. The lowest BCUT2D eigenvalue weighted by molar-refractivity contribution is 1.05. The summed E-state index contributed by atoms with van der Waals surface area (Å²) in [5, 5.41) is 0. The molecule has 2 nitrogen and oxygen atoms in total. The Balaban J connectivity index is 2.62. The predicted octanol–water partition coefficient (Wildman–Crippen LogP) is 3.32. The van der Waals surface area contributed by atoms with Gasteiger partial charge in [0.25, 0.3) is 0 Å². The molecular formula is C14H16N2. The van der Waals surface area contributed by atoms with Crippen molar-refractivity contribution in [3.8, 4) is 11.4 Å². The minimum Gasteiger partial charge on any atom is -0.255 e. The maximum Gasteiger partial charge on any atom is 0.0920 e. The molecule has 82 valence electrons. The summed E-state index contributed by atoms with van der Waals surface area (Å²) in [5.41, 5.74) is 5.86. The maximum atomic E-state index is 4.52. The second-order valence-corrected chi connectivity index (χ2v) is 3.96. The highest BCUT2D eigenvalue weighted by atomic mass is 14.8. The fraction of sp³-hybridized carbons (Fsp3) is 0.286. The van der Waals surface area contributed by atoms with E-state index in [1.165, 1.54) is 16.7 Å². The molecule has 0 aromatic carbocycles. The zero-order valence-corrected chi connectivity index (χ0v) is 9.99. The molecule has 2 aromatic rings. The first kappa shape index (κ1) is 10.8. The van der Waals surface area contributed by atoms with Gasteiger partial charge in [0.15, 0.2) is 0 Å². The Hall–Kier alpha value is -1.70. The van der Waals surface area contributed by atoms with Crippen LogP contribution in [0.3, 0.4) is 0 Å². The number of hydrogen-bond donors (Lipinski definition) is 0. The smallest absolute Gasteiger partial charge is 0.0920 e. The fourth-order valence-electron chi connectivity index (χ4n) is 1.91. The van der Waals surface area contributed by atoms with Crippen molar-refractivity contribution in [2.75, 3.05) is 0 Å². The van der Waals surface area contributed by atoms with E-state index in [0.717, 1.165) is 17.8 Å². The molecule has 0 fully saturated rings. The summed E-state index contributed by atoms with van der Waals surface area (Å²) in [6.45, 7) is 6.42. The summed E-state index contributed by atoms with van der Waals surface area (Å²) >= 11 is 0. The lowest BCUT2D eigenvalue weighted by Gasteiger charge is -2.11. The van der Waals surface area contributed by atoms with E-state index in [9.17, 15) is 0 Å². The van der Waals surface area contributed by atoms with Gasteiger partial charge in [0.05, 0.1) is 11.4 Å². The van der Waals surface area contributed by atoms with Crippen LogP contribution in [0.2, 0.25) is 0 Å². The van der Waals surface area contributed by atoms with Crippen LogP contribution in [-0.4, -0.2) is 9.97 Å². The van der Waals surface area contributed by atoms with Crippen molar-refractivity contribution < 1.29 is 0 Å². The maximum absolute atomic E-state index is 4.52. The Morgan fingerprint density at radius 1 is 1.12 bits per heavy atom. The molecule has 0 N–H and O–H groups in total. The van der Waals surface area contributed by atoms with E-state index in [0.29, 0.717) is 0 Å². The largest absolute Gasteiger partial charge is 0.255 e. The second-order valence-electron chi connectivity index (χ2n) is 3.96. The summed E-state index contributed by atoms with van der Waals surface area (Å²) in [5.74, 6) is 0. The molecule has 0 spiro atoms. The van der Waals surface area contributed by atoms with Crippen LogP contribution in [0.1, 0.15) is 23.6 Å². The number of aromatic nitrogens is 2. The van der Waals surface area contributed by atoms with Crippen molar-refractivity contribution in [2.24, 2.45) is 0 Å². The number of pyridine rings is 2. The third-order valence-electron chi connectivity index (χ3n) is 2.98. The Morgan fingerprint density at radius 2 is 1.94 bits per heavy atom. The molecule has 0 bridgehead atoms.